The number of ether oxygens (including phenoxy) is 1. The standard InChI is InChI=1S/C26H21N5O2/c1-17-6-3-8-19(12-17)22(32)14-18-7-4-10-21(13-18)33-26-23-25(31(2)16-28-23)29-24(30-26)20-9-5-11-27-15-20/h3-13,15-16H,14H2,1-2H3. The Morgan fingerprint density at radius 3 is 2.73 bits per heavy atom. The summed E-state index contributed by atoms with van der Waals surface area (Å²) in [4.78, 5) is 30.5. The maximum atomic E-state index is 12.7. The van der Waals surface area contributed by atoms with Crippen LogP contribution in [-0.4, -0.2) is 30.3 Å². The summed E-state index contributed by atoms with van der Waals surface area (Å²) in [6.07, 6.45) is 5.37. The predicted molar refractivity (Wildman–Crippen MR) is 125 cm³/mol. The molecule has 2 aromatic carbocycles. The molecule has 7 nitrogen and oxygen atoms in total. The minimum atomic E-state index is 0.0591. The third-order valence-electron chi connectivity index (χ3n) is 5.27. The minimum absolute atomic E-state index is 0.0591. The van der Waals surface area contributed by atoms with Crippen LogP contribution in [0.2, 0.25) is 0 Å². The Hall–Kier alpha value is -4.39. The lowest BCUT2D eigenvalue weighted by molar-refractivity contribution is 0.0993. The molecular formula is C26H21N5O2. The number of ketones is 1. The number of rotatable bonds is 6. The van der Waals surface area contributed by atoms with E-state index in [2.05, 4.69) is 19.9 Å². The molecule has 7 heteroatoms. The number of carbonyl (C=O) groups is 1. The van der Waals surface area contributed by atoms with Gasteiger partial charge in [0.05, 0.1) is 6.33 Å². The number of Topliss-reactive ketones (excluding diaryl/α,β-unsaturated/α-hetero) is 1. The predicted octanol–water partition coefficient (Wildman–Crippen LogP) is 4.95. The molecule has 0 fully saturated rings. The van der Waals surface area contributed by atoms with Gasteiger partial charge in [-0.25, -0.2) is 9.97 Å². The number of hydrogen-bond donors (Lipinski definition) is 0. The van der Waals surface area contributed by atoms with Crippen LogP contribution in [-0.2, 0) is 13.5 Å². The number of nitrogens with zero attached hydrogens (tertiary/aromatic N) is 5. The average Bonchev–Trinajstić information content (AvgIpc) is 3.21. The van der Waals surface area contributed by atoms with E-state index in [9.17, 15) is 4.79 Å². The van der Waals surface area contributed by atoms with Gasteiger partial charge in [0.2, 0.25) is 0 Å². The Kier molecular flexibility index (Phi) is 5.36. The Balaban J connectivity index is 1.46. The number of pyridine rings is 1. The molecule has 0 N–H and O–H groups in total. The van der Waals surface area contributed by atoms with Crippen molar-refractivity contribution in [1.29, 1.82) is 0 Å². The number of hydrogen-bond acceptors (Lipinski definition) is 6. The highest BCUT2D eigenvalue weighted by Crippen LogP contribution is 2.29. The van der Waals surface area contributed by atoms with Gasteiger partial charge in [-0.05, 0) is 42.8 Å². The Morgan fingerprint density at radius 1 is 1.03 bits per heavy atom. The first kappa shape index (κ1) is 20.5. The highest BCUT2D eigenvalue weighted by atomic mass is 16.5. The second-order valence-corrected chi connectivity index (χ2v) is 7.84. The number of imidazole rings is 1. The van der Waals surface area contributed by atoms with Crippen LogP contribution < -0.4 is 4.74 Å². The van der Waals surface area contributed by atoms with Crippen molar-refractivity contribution in [2.24, 2.45) is 7.05 Å². The van der Waals surface area contributed by atoms with Crippen LogP contribution in [0.5, 0.6) is 11.6 Å². The number of aromatic nitrogens is 5. The van der Waals surface area contributed by atoms with Gasteiger partial charge in [0, 0.05) is 37.0 Å². The number of aryl methyl sites for hydroxylation is 2. The van der Waals surface area contributed by atoms with E-state index in [1.54, 1.807) is 18.7 Å². The molecule has 3 heterocycles. The van der Waals surface area contributed by atoms with Crippen LogP contribution in [0.1, 0.15) is 21.5 Å². The maximum Gasteiger partial charge on any atom is 0.251 e. The molecule has 0 aliphatic rings. The van der Waals surface area contributed by atoms with Gasteiger partial charge in [0.1, 0.15) is 5.75 Å². The fraction of sp³-hybridized carbons (Fsp3) is 0.115. The van der Waals surface area contributed by atoms with E-state index in [0.717, 1.165) is 16.7 Å². The highest BCUT2D eigenvalue weighted by molar-refractivity contribution is 5.97. The molecule has 162 valence electrons. The molecule has 0 spiro atoms. The van der Waals surface area contributed by atoms with Gasteiger partial charge >= 0.3 is 0 Å². The summed E-state index contributed by atoms with van der Waals surface area (Å²) in [6.45, 7) is 1.98. The molecule has 0 saturated heterocycles. The fourth-order valence-corrected chi connectivity index (χ4v) is 3.61. The zero-order valence-electron chi connectivity index (χ0n) is 18.3. The molecule has 0 radical (unpaired) electrons. The van der Waals surface area contributed by atoms with E-state index in [-0.39, 0.29) is 12.2 Å². The lowest BCUT2D eigenvalue weighted by Gasteiger charge is -2.09. The van der Waals surface area contributed by atoms with E-state index < -0.39 is 0 Å². The second kappa shape index (κ2) is 8.63. The summed E-state index contributed by atoms with van der Waals surface area (Å²) >= 11 is 0. The minimum Gasteiger partial charge on any atom is -0.437 e. The molecule has 0 amide bonds. The Morgan fingerprint density at radius 2 is 1.91 bits per heavy atom. The van der Waals surface area contributed by atoms with Gasteiger partial charge in [-0.3, -0.25) is 9.78 Å². The summed E-state index contributed by atoms with van der Waals surface area (Å²) in [6, 6.07) is 18.8. The molecule has 0 saturated carbocycles. The summed E-state index contributed by atoms with van der Waals surface area (Å²) in [7, 11) is 1.87. The first-order valence-corrected chi connectivity index (χ1v) is 10.5. The van der Waals surface area contributed by atoms with Crippen LogP contribution in [0.25, 0.3) is 22.6 Å². The monoisotopic (exact) mass is 435 g/mol. The van der Waals surface area contributed by atoms with Crippen LogP contribution in [0.15, 0.2) is 79.4 Å². The number of carbonyl (C=O) groups excluding carboxylic acids is 1. The van der Waals surface area contributed by atoms with Gasteiger partial charge in [-0.1, -0.05) is 35.9 Å². The number of benzene rings is 2. The van der Waals surface area contributed by atoms with Crippen molar-refractivity contribution < 1.29 is 9.53 Å². The van der Waals surface area contributed by atoms with Gasteiger partial charge in [-0.2, -0.15) is 4.98 Å². The van der Waals surface area contributed by atoms with Crippen molar-refractivity contribution in [3.8, 4) is 23.0 Å². The summed E-state index contributed by atoms with van der Waals surface area (Å²) in [5.41, 5.74) is 4.62. The number of fused-ring (bicyclic) bond motifs is 1. The summed E-state index contributed by atoms with van der Waals surface area (Å²) in [5.74, 6) is 1.48. The quantitative estimate of drug-likeness (QED) is 0.351. The molecule has 0 aliphatic carbocycles. The largest absolute Gasteiger partial charge is 0.437 e. The van der Waals surface area contributed by atoms with Crippen LogP contribution in [0.3, 0.4) is 0 Å². The lowest BCUT2D eigenvalue weighted by Crippen LogP contribution is -2.04. The fourth-order valence-electron chi connectivity index (χ4n) is 3.61. The van der Waals surface area contributed by atoms with E-state index in [0.29, 0.717) is 34.2 Å². The van der Waals surface area contributed by atoms with Crippen LogP contribution in [0.4, 0.5) is 0 Å². The van der Waals surface area contributed by atoms with Gasteiger partial charge in [0.25, 0.3) is 5.88 Å². The molecule has 0 atom stereocenters. The van der Waals surface area contributed by atoms with E-state index >= 15 is 0 Å². The van der Waals surface area contributed by atoms with Gasteiger partial charge in [-0.15, -0.1) is 0 Å². The molecule has 0 bridgehead atoms. The topological polar surface area (TPSA) is 82.8 Å². The molecular weight excluding hydrogens is 414 g/mol. The van der Waals surface area contributed by atoms with Crippen LogP contribution in [0, 0.1) is 6.92 Å². The molecule has 3 aromatic heterocycles. The molecule has 5 rings (SSSR count). The molecule has 5 aromatic rings. The van der Waals surface area contributed by atoms with Gasteiger partial charge in [0.15, 0.2) is 22.8 Å². The van der Waals surface area contributed by atoms with Crippen molar-refractivity contribution in [3.05, 3.63) is 96.1 Å². The zero-order valence-corrected chi connectivity index (χ0v) is 18.3. The lowest BCUT2D eigenvalue weighted by atomic mass is 10.0. The molecule has 33 heavy (non-hydrogen) atoms. The first-order chi connectivity index (χ1) is 16.1. The Labute approximate surface area is 190 Å². The van der Waals surface area contributed by atoms with E-state index in [1.807, 2.05) is 79.2 Å². The zero-order chi connectivity index (χ0) is 22.8. The summed E-state index contributed by atoms with van der Waals surface area (Å²) in [5, 5.41) is 0. The highest BCUT2D eigenvalue weighted by Gasteiger charge is 2.16. The molecule has 0 unspecified atom stereocenters. The second-order valence-electron chi connectivity index (χ2n) is 7.84. The third kappa shape index (κ3) is 4.34. The average molecular weight is 435 g/mol. The van der Waals surface area contributed by atoms with Crippen molar-refractivity contribution in [3.63, 3.8) is 0 Å². The van der Waals surface area contributed by atoms with Crippen molar-refractivity contribution in [1.82, 2.24) is 24.5 Å². The SMILES string of the molecule is Cc1cccc(C(=O)Cc2cccc(Oc3nc(-c4cccnc4)nc4c3ncn4C)c2)c1. The first-order valence-electron chi connectivity index (χ1n) is 10.5. The van der Waals surface area contributed by atoms with E-state index in [4.69, 9.17) is 4.74 Å². The van der Waals surface area contributed by atoms with Crippen LogP contribution >= 0.6 is 0 Å². The van der Waals surface area contributed by atoms with E-state index in [1.165, 1.54) is 0 Å². The van der Waals surface area contributed by atoms with Gasteiger partial charge < -0.3 is 9.30 Å². The normalized spacial score (nSPS) is 11.0. The van der Waals surface area contributed by atoms with Crippen molar-refractivity contribution in [2.75, 3.05) is 0 Å². The van der Waals surface area contributed by atoms with Crippen molar-refractivity contribution >= 4 is 16.9 Å². The summed E-state index contributed by atoms with van der Waals surface area (Å²) < 4.78 is 7.98. The Bertz CT molecular complexity index is 1460. The third-order valence-corrected chi connectivity index (χ3v) is 5.27. The maximum absolute atomic E-state index is 12.7. The molecule has 0 aliphatic heterocycles. The smallest absolute Gasteiger partial charge is 0.251 e. The van der Waals surface area contributed by atoms with Crippen molar-refractivity contribution in [2.45, 2.75) is 13.3 Å².